The van der Waals surface area contributed by atoms with Crippen LogP contribution in [-0.2, 0) is 0 Å². The molecule has 20 heavy (non-hydrogen) atoms. The Morgan fingerprint density at radius 3 is 1.80 bits per heavy atom. The van der Waals surface area contributed by atoms with Crippen LogP contribution in [0.15, 0.2) is 0 Å². The van der Waals surface area contributed by atoms with Crippen molar-refractivity contribution in [1.82, 2.24) is 0 Å². The monoisotopic (exact) mass is 283 g/mol. The molecule has 0 aromatic carbocycles. The normalized spacial score (nSPS) is 19.4. The van der Waals surface area contributed by atoms with Gasteiger partial charge in [-0.25, -0.2) is 0 Å². The third-order valence-electron chi connectivity index (χ3n) is 5.49. The van der Waals surface area contributed by atoms with Crippen LogP contribution < -0.4 is 5.73 Å². The average molecular weight is 284 g/mol. The average Bonchev–Trinajstić information content (AvgIpc) is 2.43. The van der Waals surface area contributed by atoms with E-state index in [2.05, 4.69) is 41.5 Å². The molecule has 2 N–H and O–H groups in total. The van der Waals surface area contributed by atoms with Gasteiger partial charge in [0.25, 0.3) is 0 Å². The van der Waals surface area contributed by atoms with E-state index in [-0.39, 0.29) is 0 Å². The summed E-state index contributed by atoms with van der Waals surface area (Å²) in [5.74, 6) is 4.30. The largest absolute Gasteiger partial charge is 0.330 e. The van der Waals surface area contributed by atoms with Gasteiger partial charge in [0.15, 0.2) is 0 Å². The van der Waals surface area contributed by atoms with E-state index in [9.17, 15) is 0 Å². The second-order valence-corrected chi connectivity index (χ2v) is 7.15. The van der Waals surface area contributed by atoms with Gasteiger partial charge in [-0.05, 0) is 49.0 Å². The second kappa shape index (κ2) is 11.6. The van der Waals surface area contributed by atoms with E-state index < -0.39 is 0 Å². The van der Waals surface area contributed by atoms with Crippen molar-refractivity contribution in [2.45, 2.75) is 86.5 Å². The molecule has 0 radical (unpaired) electrons. The molecule has 0 aliphatic heterocycles. The summed E-state index contributed by atoms with van der Waals surface area (Å²) >= 11 is 0. The summed E-state index contributed by atoms with van der Waals surface area (Å²) < 4.78 is 0. The molecule has 5 atom stereocenters. The fourth-order valence-electron chi connectivity index (χ4n) is 3.93. The minimum atomic E-state index is 0.786. The molecule has 0 saturated heterocycles. The summed E-state index contributed by atoms with van der Waals surface area (Å²) in [5.41, 5.74) is 5.78. The summed E-state index contributed by atoms with van der Waals surface area (Å²) in [6.45, 7) is 15.2. The Labute approximate surface area is 129 Å². The fourth-order valence-corrected chi connectivity index (χ4v) is 3.93. The van der Waals surface area contributed by atoms with E-state index in [0.29, 0.717) is 0 Å². The van der Waals surface area contributed by atoms with Crippen molar-refractivity contribution < 1.29 is 0 Å². The van der Waals surface area contributed by atoms with Crippen LogP contribution >= 0.6 is 0 Å². The highest BCUT2D eigenvalue weighted by Crippen LogP contribution is 2.35. The highest BCUT2D eigenvalue weighted by molar-refractivity contribution is 4.77. The summed E-state index contributed by atoms with van der Waals surface area (Å²) in [4.78, 5) is 0. The molecule has 0 amide bonds. The summed E-state index contributed by atoms with van der Waals surface area (Å²) in [5, 5.41) is 0. The van der Waals surface area contributed by atoms with Crippen LogP contribution in [0.25, 0.3) is 0 Å². The van der Waals surface area contributed by atoms with E-state index in [1.54, 1.807) is 0 Å². The van der Waals surface area contributed by atoms with E-state index in [4.69, 9.17) is 5.73 Å². The van der Waals surface area contributed by atoms with Gasteiger partial charge in [0.1, 0.15) is 0 Å². The third kappa shape index (κ3) is 7.11. The fraction of sp³-hybridized carbons (Fsp3) is 1.00. The second-order valence-electron chi connectivity index (χ2n) is 7.15. The Morgan fingerprint density at radius 2 is 1.35 bits per heavy atom. The van der Waals surface area contributed by atoms with Crippen molar-refractivity contribution in [1.29, 1.82) is 0 Å². The van der Waals surface area contributed by atoms with Crippen LogP contribution in [0.4, 0.5) is 0 Å². The Kier molecular flexibility index (Phi) is 11.6. The molecule has 0 saturated carbocycles. The first-order valence-electron chi connectivity index (χ1n) is 9.21. The number of hydrogen-bond acceptors (Lipinski definition) is 1. The number of hydrogen-bond donors (Lipinski definition) is 1. The van der Waals surface area contributed by atoms with Gasteiger partial charge >= 0.3 is 0 Å². The van der Waals surface area contributed by atoms with Gasteiger partial charge in [0.05, 0.1) is 0 Å². The molecule has 0 bridgehead atoms. The van der Waals surface area contributed by atoms with Gasteiger partial charge in [-0.15, -0.1) is 0 Å². The molecule has 1 nitrogen and oxygen atoms in total. The van der Waals surface area contributed by atoms with Gasteiger partial charge in [0, 0.05) is 0 Å². The van der Waals surface area contributed by atoms with E-state index >= 15 is 0 Å². The molecular weight excluding hydrogens is 242 g/mol. The zero-order valence-electron chi connectivity index (χ0n) is 15.1. The molecule has 122 valence electrons. The lowest BCUT2D eigenvalue weighted by Gasteiger charge is -2.33. The highest BCUT2D eigenvalue weighted by atomic mass is 14.5. The van der Waals surface area contributed by atoms with Crippen molar-refractivity contribution in [2.75, 3.05) is 6.54 Å². The highest BCUT2D eigenvalue weighted by Gasteiger charge is 2.26. The van der Waals surface area contributed by atoms with Crippen LogP contribution in [0.2, 0.25) is 0 Å². The standard InChI is InChI=1S/C19H41N/c1-7-10-18(15(4)9-3)14-17(6)19(11-8-2)16(5)12-13-20/h15-19H,7-14,20H2,1-6H3. The van der Waals surface area contributed by atoms with Crippen LogP contribution in [0.1, 0.15) is 86.5 Å². The maximum atomic E-state index is 5.78. The quantitative estimate of drug-likeness (QED) is 0.476. The van der Waals surface area contributed by atoms with Crippen molar-refractivity contribution in [3.05, 3.63) is 0 Å². The van der Waals surface area contributed by atoms with Crippen LogP contribution in [0.3, 0.4) is 0 Å². The Bertz CT molecular complexity index is 214. The van der Waals surface area contributed by atoms with Crippen molar-refractivity contribution >= 4 is 0 Å². The maximum Gasteiger partial charge on any atom is -0.00746 e. The smallest absolute Gasteiger partial charge is 0.00746 e. The van der Waals surface area contributed by atoms with Crippen molar-refractivity contribution in [3.63, 3.8) is 0 Å². The van der Waals surface area contributed by atoms with Crippen LogP contribution in [0.5, 0.6) is 0 Å². The number of rotatable bonds is 12. The first-order chi connectivity index (χ1) is 9.51. The van der Waals surface area contributed by atoms with Gasteiger partial charge in [-0.1, -0.05) is 73.6 Å². The Balaban J connectivity index is 4.64. The van der Waals surface area contributed by atoms with Gasteiger partial charge < -0.3 is 5.73 Å². The molecule has 0 aliphatic carbocycles. The number of nitrogens with two attached hydrogens (primary N) is 1. The zero-order valence-corrected chi connectivity index (χ0v) is 15.1. The SMILES string of the molecule is CCCC(CC(C)C(CCC)C(C)CCN)C(C)CC. The van der Waals surface area contributed by atoms with Gasteiger partial charge in [-0.2, -0.15) is 0 Å². The Hall–Kier alpha value is -0.0400. The summed E-state index contributed by atoms with van der Waals surface area (Å²) in [6.07, 6.45) is 9.36. The lowest BCUT2D eigenvalue weighted by Crippen LogP contribution is -2.25. The molecule has 0 aliphatic rings. The van der Waals surface area contributed by atoms with Crippen LogP contribution in [0, 0.1) is 29.6 Å². The minimum absolute atomic E-state index is 0.786. The summed E-state index contributed by atoms with van der Waals surface area (Å²) in [6, 6.07) is 0. The molecule has 0 spiro atoms. The first kappa shape index (κ1) is 20.0. The van der Waals surface area contributed by atoms with E-state index in [0.717, 1.165) is 36.1 Å². The minimum Gasteiger partial charge on any atom is -0.330 e. The van der Waals surface area contributed by atoms with Crippen molar-refractivity contribution in [2.24, 2.45) is 35.3 Å². The summed E-state index contributed by atoms with van der Waals surface area (Å²) in [7, 11) is 0. The molecule has 5 unspecified atom stereocenters. The Morgan fingerprint density at radius 1 is 0.750 bits per heavy atom. The van der Waals surface area contributed by atoms with E-state index in [1.807, 2.05) is 0 Å². The maximum absolute atomic E-state index is 5.78. The third-order valence-corrected chi connectivity index (χ3v) is 5.49. The molecule has 0 aromatic heterocycles. The molecule has 0 rings (SSSR count). The zero-order chi connectivity index (χ0) is 15.5. The van der Waals surface area contributed by atoms with E-state index in [1.165, 1.54) is 44.9 Å². The molecule has 0 aromatic rings. The van der Waals surface area contributed by atoms with Gasteiger partial charge in [-0.3, -0.25) is 0 Å². The first-order valence-corrected chi connectivity index (χ1v) is 9.21. The lowest BCUT2D eigenvalue weighted by molar-refractivity contribution is 0.169. The predicted molar refractivity (Wildman–Crippen MR) is 92.9 cm³/mol. The van der Waals surface area contributed by atoms with Crippen LogP contribution in [-0.4, -0.2) is 6.54 Å². The molecule has 0 heterocycles. The topological polar surface area (TPSA) is 26.0 Å². The molecule has 0 fully saturated rings. The van der Waals surface area contributed by atoms with Crippen molar-refractivity contribution in [3.8, 4) is 0 Å². The lowest BCUT2D eigenvalue weighted by atomic mass is 9.72. The predicted octanol–water partition coefficient (Wildman–Crippen LogP) is 5.88. The molecular formula is C19H41N. The molecule has 1 heteroatoms. The van der Waals surface area contributed by atoms with Gasteiger partial charge in [0.2, 0.25) is 0 Å².